The Labute approximate surface area is 130 Å². The van der Waals surface area contributed by atoms with E-state index in [-0.39, 0.29) is 0 Å². The molecule has 0 radical (unpaired) electrons. The molecule has 2 N–H and O–H groups in total. The maximum Gasteiger partial charge on any atom is 0.201 e. The number of ether oxygens (including phenoxy) is 1. The van der Waals surface area contributed by atoms with Crippen LogP contribution in [-0.2, 0) is 13.0 Å². The number of hydrogen-bond donors (Lipinski definition) is 2. The molecule has 4 nitrogen and oxygen atoms in total. The number of aromatic amines is 1. The molecule has 0 fully saturated rings. The van der Waals surface area contributed by atoms with Gasteiger partial charge in [-0.25, -0.2) is 4.98 Å². The number of hydrogen-bond acceptors (Lipinski definition) is 3. The Morgan fingerprint density at radius 3 is 3.10 bits per heavy atom. The molecule has 2 aromatic carbocycles. The number of imidazole rings is 1. The fourth-order valence-electron chi connectivity index (χ4n) is 2.69. The Morgan fingerprint density at radius 2 is 2.19 bits per heavy atom. The van der Waals surface area contributed by atoms with Crippen molar-refractivity contribution in [2.24, 2.45) is 0 Å². The molecule has 0 bridgehead atoms. The summed E-state index contributed by atoms with van der Waals surface area (Å²) in [6.07, 6.45) is 0.979. The highest BCUT2D eigenvalue weighted by molar-refractivity contribution is 9.10. The molecule has 1 aliphatic heterocycles. The van der Waals surface area contributed by atoms with E-state index in [9.17, 15) is 0 Å². The lowest BCUT2D eigenvalue weighted by Crippen LogP contribution is -2.03. The molecule has 2 heterocycles. The number of para-hydroxylation sites is 2. The van der Waals surface area contributed by atoms with Gasteiger partial charge in [-0.15, -0.1) is 0 Å². The molecule has 0 saturated carbocycles. The number of nitrogens with zero attached hydrogens (tertiary/aromatic N) is 1. The third-order valence-corrected chi connectivity index (χ3v) is 4.12. The van der Waals surface area contributed by atoms with E-state index in [4.69, 9.17) is 4.74 Å². The van der Waals surface area contributed by atoms with Crippen molar-refractivity contribution in [1.82, 2.24) is 9.97 Å². The van der Waals surface area contributed by atoms with Crippen LogP contribution in [0.4, 0.5) is 5.95 Å². The van der Waals surface area contributed by atoms with Crippen LogP contribution in [0.1, 0.15) is 11.1 Å². The average Bonchev–Trinajstić information content (AvgIpc) is 3.10. The van der Waals surface area contributed by atoms with E-state index in [0.29, 0.717) is 6.54 Å². The van der Waals surface area contributed by atoms with Crippen LogP contribution in [0.15, 0.2) is 40.9 Å². The number of aromatic nitrogens is 2. The van der Waals surface area contributed by atoms with Gasteiger partial charge < -0.3 is 15.0 Å². The van der Waals surface area contributed by atoms with E-state index < -0.39 is 0 Å². The standard InChI is InChI=1S/C16H14BrN3O/c17-12-7-10-5-6-21-15(10)11(8-12)9-18-16-19-13-3-1-2-4-14(13)20-16/h1-4,7-8H,5-6,9H2,(H2,18,19,20). The zero-order chi connectivity index (χ0) is 14.2. The van der Waals surface area contributed by atoms with Gasteiger partial charge in [-0.1, -0.05) is 28.1 Å². The van der Waals surface area contributed by atoms with Crippen LogP contribution in [0.2, 0.25) is 0 Å². The van der Waals surface area contributed by atoms with Crippen molar-refractivity contribution in [3.63, 3.8) is 0 Å². The Kier molecular flexibility index (Phi) is 3.07. The van der Waals surface area contributed by atoms with Gasteiger partial charge in [-0.3, -0.25) is 0 Å². The molecule has 0 atom stereocenters. The van der Waals surface area contributed by atoms with Gasteiger partial charge in [0.1, 0.15) is 5.75 Å². The Bertz CT molecular complexity index is 779. The first-order chi connectivity index (χ1) is 10.3. The predicted octanol–water partition coefficient (Wildman–Crippen LogP) is 3.87. The smallest absolute Gasteiger partial charge is 0.201 e. The maximum atomic E-state index is 5.74. The molecule has 0 amide bonds. The monoisotopic (exact) mass is 343 g/mol. The molecular weight excluding hydrogens is 330 g/mol. The first kappa shape index (κ1) is 12.7. The predicted molar refractivity (Wildman–Crippen MR) is 86.8 cm³/mol. The number of anilines is 1. The van der Waals surface area contributed by atoms with Crippen molar-refractivity contribution in [2.75, 3.05) is 11.9 Å². The van der Waals surface area contributed by atoms with Crippen LogP contribution in [0, 0.1) is 0 Å². The first-order valence-electron chi connectivity index (χ1n) is 6.92. The lowest BCUT2D eigenvalue weighted by atomic mass is 10.1. The highest BCUT2D eigenvalue weighted by Gasteiger charge is 2.17. The first-order valence-corrected chi connectivity index (χ1v) is 7.71. The molecule has 4 rings (SSSR count). The van der Waals surface area contributed by atoms with Crippen LogP contribution in [0.25, 0.3) is 11.0 Å². The molecule has 5 heteroatoms. The minimum absolute atomic E-state index is 0.682. The van der Waals surface area contributed by atoms with Crippen LogP contribution >= 0.6 is 15.9 Å². The summed E-state index contributed by atoms with van der Waals surface area (Å²) in [7, 11) is 0. The van der Waals surface area contributed by atoms with Gasteiger partial charge in [0, 0.05) is 23.0 Å². The number of rotatable bonds is 3. The van der Waals surface area contributed by atoms with Gasteiger partial charge in [0.25, 0.3) is 0 Å². The quantitative estimate of drug-likeness (QED) is 0.758. The summed E-state index contributed by atoms with van der Waals surface area (Å²) in [6.45, 7) is 1.45. The van der Waals surface area contributed by atoms with Crippen molar-refractivity contribution in [3.8, 4) is 5.75 Å². The van der Waals surface area contributed by atoms with E-state index in [1.165, 1.54) is 5.56 Å². The fraction of sp³-hybridized carbons (Fsp3) is 0.188. The molecule has 0 aliphatic carbocycles. The van der Waals surface area contributed by atoms with Gasteiger partial charge in [0.15, 0.2) is 0 Å². The van der Waals surface area contributed by atoms with Gasteiger partial charge in [0.05, 0.1) is 17.6 Å². The van der Waals surface area contributed by atoms with Crippen LogP contribution < -0.4 is 10.1 Å². The third kappa shape index (κ3) is 2.38. The van der Waals surface area contributed by atoms with Crippen molar-refractivity contribution in [3.05, 3.63) is 52.0 Å². The van der Waals surface area contributed by atoms with E-state index in [1.54, 1.807) is 0 Å². The molecule has 0 spiro atoms. The highest BCUT2D eigenvalue weighted by atomic mass is 79.9. The second-order valence-corrected chi connectivity index (χ2v) is 6.02. The van der Waals surface area contributed by atoms with Crippen molar-refractivity contribution < 1.29 is 4.74 Å². The number of halogens is 1. The number of benzene rings is 2. The summed E-state index contributed by atoms with van der Waals surface area (Å²) in [5.74, 6) is 1.80. The minimum atomic E-state index is 0.682. The molecule has 0 saturated heterocycles. The summed E-state index contributed by atoms with van der Waals surface area (Å²) < 4.78 is 6.83. The molecule has 1 aromatic heterocycles. The molecule has 106 valence electrons. The second kappa shape index (κ2) is 5.07. The van der Waals surface area contributed by atoms with Gasteiger partial charge in [-0.05, 0) is 29.8 Å². The largest absolute Gasteiger partial charge is 0.493 e. The highest BCUT2D eigenvalue weighted by Crippen LogP contribution is 2.33. The Morgan fingerprint density at radius 1 is 1.29 bits per heavy atom. The topological polar surface area (TPSA) is 49.9 Å². The van der Waals surface area contributed by atoms with E-state index >= 15 is 0 Å². The molecule has 0 unspecified atom stereocenters. The van der Waals surface area contributed by atoms with Crippen molar-refractivity contribution in [1.29, 1.82) is 0 Å². The van der Waals surface area contributed by atoms with Crippen molar-refractivity contribution in [2.45, 2.75) is 13.0 Å². The van der Waals surface area contributed by atoms with E-state index in [0.717, 1.165) is 45.8 Å². The third-order valence-electron chi connectivity index (χ3n) is 3.66. The fourth-order valence-corrected chi connectivity index (χ4v) is 3.25. The van der Waals surface area contributed by atoms with Crippen molar-refractivity contribution >= 4 is 32.9 Å². The number of nitrogens with one attached hydrogen (secondary N) is 2. The molecule has 3 aromatic rings. The van der Waals surface area contributed by atoms with Crippen LogP contribution in [-0.4, -0.2) is 16.6 Å². The lowest BCUT2D eigenvalue weighted by Gasteiger charge is -2.09. The number of fused-ring (bicyclic) bond motifs is 2. The Balaban J connectivity index is 1.59. The summed E-state index contributed by atoms with van der Waals surface area (Å²) in [4.78, 5) is 7.80. The SMILES string of the molecule is Brc1cc2c(c(CNc3nc4ccccc4[nH]3)c1)OCC2. The van der Waals surface area contributed by atoms with Gasteiger partial charge >= 0.3 is 0 Å². The average molecular weight is 344 g/mol. The summed E-state index contributed by atoms with van der Waals surface area (Å²) >= 11 is 3.56. The summed E-state index contributed by atoms with van der Waals surface area (Å²) in [6, 6.07) is 12.2. The molecular formula is C16H14BrN3O. The molecule has 21 heavy (non-hydrogen) atoms. The second-order valence-electron chi connectivity index (χ2n) is 5.11. The number of H-pyrrole nitrogens is 1. The van der Waals surface area contributed by atoms with Crippen LogP contribution in [0.5, 0.6) is 5.75 Å². The van der Waals surface area contributed by atoms with E-state index in [1.807, 2.05) is 24.3 Å². The minimum Gasteiger partial charge on any atom is -0.493 e. The lowest BCUT2D eigenvalue weighted by molar-refractivity contribution is 0.354. The zero-order valence-electron chi connectivity index (χ0n) is 11.3. The summed E-state index contributed by atoms with van der Waals surface area (Å²) in [5, 5.41) is 3.34. The molecule has 1 aliphatic rings. The van der Waals surface area contributed by atoms with Gasteiger partial charge in [0.2, 0.25) is 5.95 Å². The van der Waals surface area contributed by atoms with Crippen LogP contribution in [0.3, 0.4) is 0 Å². The van der Waals surface area contributed by atoms with E-state index in [2.05, 4.69) is 43.3 Å². The Hall–Kier alpha value is -2.01. The zero-order valence-corrected chi connectivity index (χ0v) is 12.9. The summed E-state index contributed by atoms with van der Waals surface area (Å²) in [5.41, 5.74) is 4.43. The van der Waals surface area contributed by atoms with Gasteiger partial charge in [-0.2, -0.15) is 0 Å². The normalized spacial score (nSPS) is 13.2. The maximum absolute atomic E-state index is 5.74.